The molecule has 0 unspecified atom stereocenters. The maximum absolute atomic E-state index is 12.4. The first-order chi connectivity index (χ1) is 13.1. The number of carbonyl (C=O) groups is 1. The third kappa shape index (κ3) is 4.83. The van der Waals surface area contributed by atoms with Gasteiger partial charge in [-0.15, -0.1) is 0 Å². The lowest BCUT2D eigenvalue weighted by atomic mass is 9.97. The van der Waals surface area contributed by atoms with E-state index in [1.807, 2.05) is 24.3 Å². The molecule has 1 heterocycles. The van der Waals surface area contributed by atoms with Gasteiger partial charge < -0.3 is 14.8 Å². The largest absolute Gasteiger partial charge is 0.489 e. The lowest BCUT2D eigenvalue weighted by Crippen LogP contribution is -2.10. The summed E-state index contributed by atoms with van der Waals surface area (Å²) in [7, 11) is 0. The predicted molar refractivity (Wildman–Crippen MR) is 110 cm³/mol. The zero-order valence-electron chi connectivity index (χ0n) is 15.6. The van der Waals surface area contributed by atoms with Gasteiger partial charge in [0, 0.05) is 18.2 Å². The zero-order valence-corrected chi connectivity index (χ0v) is 16.4. The molecule has 2 aromatic rings. The van der Waals surface area contributed by atoms with E-state index in [4.69, 9.17) is 21.1 Å². The molecule has 1 atom stereocenters. The highest BCUT2D eigenvalue weighted by molar-refractivity contribution is 6.32. The molecule has 27 heavy (non-hydrogen) atoms. The topological polar surface area (TPSA) is 47.6 Å². The fourth-order valence-corrected chi connectivity index (χ4v) is 3.23. The molecule has 0 fully saturated rings. The standard InChI is InChI=1S/C22H24ClNO3/c1-3-15(2)17-7-4-5-8-19(17)24-21(25)10-9-16-13-18(23)22-20(14-16)26-11-6-12-27-22/h4-5,7-10,13-15H,3,6,11-12H2,1-2H3,(H,24,25)/b10-9+/t15-/m1/s1. The van der Waals surface area contributed by atoms with E-state index in [2.05, 4.69) is 25.2 Å². The van der Waals surface area contributed by atoms with Crippen LogP contribution in [0.25, 0.3) is 6.08 Å². The Bertz CT molecular complexity index is 847. The zero-order chi connectivity index (χ0) is 19.2. The Morgan fingerprint density at radius 3 is 2.85 bits per heavy atom. The third-order valence-corrected chi connectivity index (χ3v) is 4.89. The van der Waals surface area contributed by atoms with Crippen LogP contribution in [0.3, 0.4) is 0 Å². The van der Waals surface area contributed by atoms with Crippen LogP contribution in [-0.4, -0.2) is 19.1 Å². The summed E-state index contributed by atoms with van der Waals surface area (Å²) in [4.78, 5) is 12.4. The molecule has 0 aliphatic carbocycles. The number of halogens is 1. The lowest BCUT2D eigenvalue weighted by Gasteiger charge is -2.14. The van der Waals surface area contributed by atoms with Gasteiger partial charge in [0.15, 0.2) is 11.5 Å². The number of nitrogens with one attached hydrogen (secondary N) is 1. The number of carbonyl (C=O) groups excluding carboxylic acids is 1. The van der Waals surface area contributed by atoms with E-state index in [0.717, 1.165) is 29.7 Å². The molecule has 0 radical (unpaired) electrons. The maximum atomic E-state index is 12.4. The minimum absolute atomic E-state index is 0.186. The van der Waals surface area contributed by atoms with Crippen LogP contribution in [0.1, 0.15) is 43.7 Å². The van der Waals surface area contributed by atoms with Crippen molar-refractivity contribution in [3.8, 4) is 11.5 Å². The molecule has 0 aromatic heterocycles. The van der Waals surface area contributed by atoms with Crippen molar-refractivity contribution >= 4 is 29.3 Å². The number of rotatable bonds is 5. The molecule has 0 bridgehead atoms. The highest BCUT2D eigenvalue weighted by Crippen LogP contribution is 2.38. The molecule has 1 aliphatic heterocycles. The number of anilines is 1. The van der Waals surface area contributed by atoms with Crippen molar-refractivity contribution in [2.24, 2.45) is 0 Å². The van der Waals surface area contributed by atoms with Gasteiger partial charge in [-0.2, -0.15) is 0 Å². The Balaban J connectivity index is 1.74. The van der Waals surface area contributed by atoms with E-state index < -0.39 is 0 Å². The van der Waals surface area contributed by atoms with E-state index in [9.17, 15) is 4.79 Å². The van der Waals surface area contributed by atoms with E-state index in [1.54, 1.807) is 12.1 Å². The van der Waals surface area contributed by atoms with Crippen molar-refractivity contribution in [1.29, 1.82) is 0 Å². The summed E-state index contributed by atoms with van der Waals surface area (Å²) < 4.78 is 11.3. The lowest BCUT2D eigenvalue weighted by molar-refractivity contribution is -0.111. The van der Waals surface area contributed by atoms with Gasteiger partial charge in [-0.05, 0) is 47.7 Å². The van der Waals surface area contributed by atoms with Crippen LogP contribution < -0.4 is 14.8 Å². The number of benzene rings is 2. The van der Waals surface area contributed by atoms with Crippen LogP contribution in [0.2, 0.25) is 5.02 Å². The summed E-state index contributed by atoms with van der Waals surface area (Å²) in [5, 5.41) is 3.45. The number of para-hydroxylation sites is 1. The third-order valence-electron chi connectivity index (χ3n) is 4.61. The molecule has 2 aromatic carbocycles. The first kappa shape index (κ1) is 19.3. The van der Waals surface area contributed by atoms with Crippen molar-refractivity contribution in [2.45, 2.75) is 32.6 Å². The second kappa shape index (κ2) is 8.96. The van der Waals surface area contributed by atoms with Crippen LogP contribution in [0, 0.1) is 0 Å². The second-order valence-corrected chi connectivity index (χ2v) is 7.01. The summed E-state index contributed by atoms with van der Waals surface area (Å²) in [5.74, 6) is 1.38. The van der Waals surface area contributed by atoms with Gasteiger partial charge in [-0.1, -0.05) is 43.6 Å². The molecule has 1 N–H and O–H groups in total. The van der Waals surface area contributed by atoms with Gasteiger partial charge in [0.25, 0.3) is 0 Å². The van der Waals surface area contributed by atoms with Gasteiger partial charge in [0.05, 0.1) is 18.2 Å². The molecule has 142 valence electrons. The molecule has 1 amide bonds. The first-order valence-corrected chi connectivity index (χ1v) is 9.63. The number of amides is 1. The molecule has 0 saturated carbocycles. The number of hydrogen-bond donors (Lipinski definition) is 1. The highest BCUT2D eigenvalue weighted by atomic mass is 35.5. The molecule has 0 saturated heterocycles. The monoisotopic (exact) mass is 385 g/mol. The van der Waals surface area contributed by atoms with Crippen molar-refractivity contribution in [3.63, 3.8) is 0 Å². The predicted octanol–water partition coefficient (Wildman–Crippen LogP) is 5.67. The summed E-state index contributed by atoms with van der Waals surface area (Å²) in [6.07, 6.45) is 5.05. The normalized spacial score (nSPS) is 14.6. The minimum Gasteiger partial charge on any atom is -0.489 e. The van der Waals surface area contributed by atoms with Crippen molar-refractivity contribution < 1.29 is 14.3 Å². The Labute approximate surface area is 165 Å². The summed E-state index contributed by atoms with van der Waals surface area (Å²) in [6, 6.07) is 11.5. The molecular weight excluding hydrogens is 362 g/mol. The van der Waals surface area contributed by atoms with Crippen molar-refractivity contribution in [1.82, 2.24) is 0 Å². The van der Waals surface area contributed by atoms with Crippen LogP contribution in [-0.2, 0) is 4.79 Å². The SMILES string of the molecule is CC[C@@H](C)c1ccccc1NC(=O)/C=C/c1cc(Cl)c2c(c1)OCCCO2. The average Bonchev–Trinajstić information content (AvgIpc) is 2.92. The Hall–Kier alpha value is -2.46. The minimum atomic E-state index is -0.186. The van der Waals surface area contributed by atoms with Crippen LogP contribution >= 0.6 is 11.6 Å². The van der Waals surface area contributed by atoms with Crippen LogP contribution in [0.5, 0.6) is 11.5 Å². The molecule has 4 nitrogen and oxygen atoms in total. The molecule has 0 spiro atoms. The second-order valence-electron chi connectivity index (χ2n) is 6.60. The van der Waals surface area contributed by atoms with Crippen LogP contribution in [0.15, 0.2) is 42.5 Å². The van der Waals surface area contributed by atoms with Crippen molar-refractivity contribution in [3.05, 3.63) is 58.6 Å². The van der Waals surface area contributed by atoms with Crippen molar-refractivity contribution in [2.75, 3.05) is 18.5 Å². The van der Waals surface area contributed by atoms with E-state index >= 15 is 0 Å². The Morgan fingerprint density at radius 2 is 2.04 bits per heavy atom. The van der Waals surface area contributed by atoms with Gasteiger partial charge >= 0.3 is 0 Å². The molecule has 5 heteroatoms. The van der Waals surface area contributed by atoms with E-state index in [1.165, 1.54) is 6.08 Å². The summed E-state index contributed by atoms with van der Waals surface area (Å²) in [5.41, 5.74) is 2.77. The molecule has 3 rings (SSSR count). The average molecular weight is 386 g/mol. The maximum Gasteiger partial charge on any atom is 0.248 e. The summed E-state index contributed by atoms with van der Waals surface area (Å²) in [6.45, 7) is 5.46. The van der Waals surface area contributed by atoms with E-state index in [-0.39, 0.29) is 5.91 Å². The highest BCUT2D eigenvalue weighted by Gasteiger charge is 2.15. The quantitative estimate of drug-likeness (QED) is 0.675. The number of ether oxygens (including phenoxy) is 2. The fourth-order valence-electron chi connectivity index (χ4n) is 2.95. The van der Waals surface area contributed by atoms with Gasteiger partial charge in [0.2, 0.25) is 5.91 Å². The Morgan fingerprint density at radius 1 is 1.26 bits per heavy atom. The smallest absolute Gasteiger partial charge is 0.248 e. The van der Waals surface area contributed by atoms with E-state index in [0.29, 0.717) is 35.7 Å². The Kier molecular flexibility index (Phi) is 6.40. The number of fused-ring (bicyclic) bond motifs is 1. The first-order valence-electron chi connectivity index (χ1n) is 9.25. The summed E-state index contributed by atoms with van der Waals surface area (Å²) >= 11 is 6.30. The molecule has 1 aliphatic rings. The fraction of sp³-hybridized carbons (Fsp3) is 0.318. The van der Waals surface area contributed by atoms with Crippen LogP contribution in [0.4, 0.5) is 5.69 Å². The molecular formula is C22H24ClNO3. The van der Waals surface area contributed by atoms with Gasteiger partial charge in [-0.25, -0.2) is 0 Å². The van der Waals surface area contributed by atoms with Gasteiger partial charge in [0.1, 0.15) is 0 Å². The van der Waals surface area contributed by atoms with Gasteiger partial charge in [-0.3, -0.25) is 4.79 Å². The number of hydrogen-bond acceptors (Lipinski definition) is 3.